The Bertz CT molecular complexity index is 476. The van der Waals surface area contributed by atoms with Crippen LogP contribution in [0.1, 0.15) is 0 Å². The predicted octanol–water partition coefficient (Wildman–Crippen LogP) is 3.70. The number of benzene rings is 1. The van der Waals surface area contributed by atoms with E-state index in [0.29, 0.717) is 5.95 Å². The van der Waals surface area contributed by atoms with Crippen LogP contribution >= 0.6 is 27.7 Å². The van der Waals surface area contributed by atoms with E-state index >= 15 is 0 Å². The summed E-state index contributed by atoms with van der Waals surface area (Å²) in [6.07, 6.45) is 5.47. The number of nitrogens with zero attached hydrogens (tertiary/aromatic N) is 2. The zero-order valence-electron chi connectivity index (χ0n) is 8.64. The van der Waals surface area contributed by atoms with E-state index in [1.807, 2.05) is 18.4 Å². The highest BCUT2D eigenvalue weighted by atomic mass is 79.9. The van der Waals surface area contributed by atoms with Gasteiger partial charge in [0, 0.05) is 21.8 Å². The van der Waals surface area contributed by atoms with Crippen molar-refractivity contribution < 1.29 is 0 Å². The minimum atomic E-state index is 0.611. The summed E-state index contributed by atoms with van der Waals surface area (Å²) < 4.78 is 1.07. The lowest BCUT2D eigenvalue weighted by molar-refractivity contribution is 1.16. The van der Waals surface area contributed by atoms with Crippen LogP contribution in [0.5, 0.6) is 0 Å². The van der Waals surface area contributed by atoms with Crippen molar-refractivity contribution >= 4 is 39.3 Å². The van der Waals surface area contributed by atoms with Crippen LogP contribution in [0.2, 0.25) is 0 Å². The molecule has 2 aromatic rings. The monoisotopic (exact) mass is 295 g/mol. The molecule has 1 aromatic carbocycles. The van der Waals surface area contributed by atoms with Crippen LogP contribution < -0.4 is 5.32 Å². The average Bonchev–Trinajstić information content (AvgIpc) is 2.33. The molecule has 3 nitrogen and oxygen atoms in total. The molecule has 0 saturated carbocycles. The summed E-state index contributed by atoms with van der Waals surface area (Å²) in [5.74, 6) is 0.611. The number of nitrogens with one attached hydrogen (secondary N) is 1. The van der Waals surface area contributed by atoms with Crippen LogP contribution in [0.25, 0.3) is 0 Å². The second-order valence-corrected chi connectivity index (χ2v) is 4.81. The third kappa shape index (κ3) is 2.74. The summed E-state index contributed by atoms with van der Waals surface area (Å²) in [7, 11) is 0. The van der Waals surface area contributed by atoms with Crippen LogP contribution in [0.4, 0.5) is 11.6 Å². The van der Waals surface area contributed by atoms with Crippen LogP contribution in [-0.4, -0.2) is 16.2 Å². The summed E-state index contributed by atoms with van der Waals surface area (Å²) in [5.41, 5.74) is 1.02. The molecule has 1 N–H and O–H groups in total. The van der Waals surface area contributed by atoms with Gasteiger partial charge >= 0.3 is 0 Å². The predicted molar refractivity (Wildman–Crippen MR) is 71.2 cm³/mol. The highest BCUT2D eigenvalue weighted by Crippen LogP contribution is 2.29. The van der Waals surface area contributed by atoms with Crippen molar-refractivity contribution in [3.63, 3.8) is 0 Å². The average molecular weight is 296 g/mol. The molecule has 16 heavy (non-hydrogen) atoms. The molecule has 82 valence electrons. The lowest BCUT2D eigenvalue weighted by atomic mass is 10.3. The van der Waals surface area contributed by atoms with E-state index in [1.54, 1.807) is 30.2 Å². The first-order valence-electron chi connectivity index (χ1n) is 4.67. The first-order valence-corrected chi connectivity index (χ1v) is 6.69. The number of rotatable bonds is 3. The molecule has 1 aromatic heterocycles. The summed E-state index contributed by atoms with van der Waals surface area (Å²) in [6, 6.07) is 7.86. The minimum Gasteiger partial charge on any atom is -0.323 e. The zero-order valence-corrected chi connectivity index (χ0v) is 11.0. The van der Waals surface area contributed by atoms with Gasteiger partial charge in [-0.2, -0.15) is 0 Å². The van der Waals surface area contributed by atoms with Gasteiger partial charge in [-0.25, -0.2) is 9.97 Å². The normalized spacial score (nSPS) is 10.1. The summed E-state index contributed by atoms with van der Waals surface area (Å²) in [4.78, 5) is 9.41. The van der Waals surface area contributed by atoms with E-state index in [9.17, 15) is 0 Å². The first-order chi connectivity index (χ1) is 7.79. The second-order valence-electron chi connectivity index (χ2n) is 3.04. The second kappa shape index (κ2) is 5.32. The van der Waals surface area contributed by atoms with Crippen molar-refractivity contribution in [1.29, 1.82) is 0 Å². The Hall–Kier alpha value is -1.07. The number of hydrogen-bond donors (Lipinski definition) is 1. The third-order valence-corrected chi connectivity index (χ3v) is 3.25. The maximum atomic E-state index is 4.13. The molecule has 1 heterocycles. The largest absolute Gasteiger partial charge is 0.323 e. The number of anilines is 2. The Morgan fingerprint density at radius 1 is 1.25 bits per heavy atom. The topological polar surface area (TPSA) is 37.8 Å². The fourth-order valence-electron chi connectivity index (χ4n) is 1.25. The molecule has 0 amide bonds. The van der Waals surface area contributed by atoms with Crippen LogP contribution in [0, 0.1) is 0 Å². The molecular weight excluding hydrogens is 286 g/mol. The first kappa shape index (κ1) is 11.4. The molecule has 0 atom stereocenters. The molecule has 0 radical (unpaired) electrons. The summed E-state index contributed by atoms with van der Waals surface area (Å²) in [5, 5.41) is 3.19. The fraction of sp³-hybridized carbons (Fsp3) is 0.0909. The van der Waals surface area contributed by atoms with Crippen LogP contribution in [0.3, 0.4) is 0 Å². The van der Waals surface area contributed by atoms with Gasteiger partial charge in [0.25, 0.3) is 0 Å². The van der Waals surface area contributed by atoms with Gasteiger partial charge in [0.15, 0.2) is 0 Å². The van der Waals surface area contributed by atoms with Crippen LogP contribution in [0.15, 0.2) is 46.0 Å². The van der Waals surface area contributed by atoms with Gasteiger partial charge in [-0.15, -0.1) is 11.8 Å². The lowest BCUT2D eigenvalue weighted by Crippen LogP contribution is -1.96. The Labute approximate surface area is 107 Å². The summed E-state index contributed by atoms with van der Waals surface area (Å²) in [6.45, 7) is 0. The van der Waals surface area contributed by atoms with E-state index in [0.717, 1.165) is 15.1 Å². The van der Waals surface area contributed by atoms with E-state index in [4.69, 9.17) is 0 Å². The Morgan fingerprint density at radius 3 is 2.69 bits per heavy atom. The number of aromatic nitrogens is 2. The van der Waals surface area contributed by atoms with Gasteiger partial charge in [-0.05, 0) is 30.5 Å². The molecule has 0 aliphatic heterocycles. The Morgan fingerprint density at radius 2 is 2.00 bits per heavy atom. The number of hydrogen-bond acceptors (Lipinski definition) is 4. The highest BCUT2D eigenvalue weighted by Gasteiger charge is 2.03. The van der Waals surface area contributed by atoms with Crippen molar-refractivity contribution in [1.82, 2.24) is 9.97 Å². The van der Waals surface area contributed by atoms with Gasteiger partial charge < -0.3 is 5.32 Å². The van der Waals surface area contributed by atoms with Gasteiger partial charge in [-0.1, -0.05) is 15.9 Å². The molecule has 5 heteroatoms. The summed E-state index contributed by atoms with van der Waals surface area (Å²) >= 11 is 5.13. The van der Waals surface area contributed by atoms with E-state index in [-0.39, 0.29) is 0 Å². The van der Waals surface area contributed by atoms with Crippen molar-refractivity contribution in [3.05, 3.63) is 41.1 Å². The van der Waals surface area contributed by atoms with Gasteiger partial charge in [0.05, 0.1) is 5.69 Å². The van der Waals surface area contributed by atoms with Crippen LogP contribution in [-0.2, 0) is 0 Å². The standard InChI is InChI=1S/C11H10BrN3S/c1-16-10-7-8(12)3-4-9(10)15-11-13-5-2-6-14-11/h2-7H,1H3,(H,13,14,15). The van der Waals surface area contributed by atoms with Gasteiger partial charge in [-0.3, -0.25) is 0 Å². The molecule has 0 unspecified atom stereocenters. The molecule has 0 aliphatic carbocycles. The van der Waals surface area contributed by atoms with Crippen molar-refractivity contribution in [2.75, 3.05) is 11.6 Å². The fourth-order valence-corrected chi connectivity index (χ4v) is 2.35. The third-order valence-electron chi connectivity index (χ3n) is 1.98. The smallest absolute Gasteiger partial charge is 0.227 e. The SMILES string of the molecule is CSc1cc(Br)ccc1Nc1ncccn1. The lowest BCUT2D eigenvalue weighted by Gasteiger charge is -2.09. The molecule has 0 aliphatic rings. The van der Waals surface area contributed by atoms with Crippen molar-refractivity contribution in [3.8, 4) is 0 Å². The molecule has 0 saturated heterocycles. The number of halogens is 1. The van der Waals surface area contributed by atoms with Crippen molar-refractivity contribution in [2.45, 2.75) is 4.90 Å². The highest BCUT2D eigenvalue weighted by molar-refractivity contribution is 9.10. The molecule has 0 bridgehead atoms. The van der Waals surface area contributed by atoms with Gasteiger partial charge in [0.2, 0.25) is 5.95 Å². The molecule has 2 rings (SSSR count). The maximum absolute atomic E-state index is 4.13. The van der Waals surface area contributed by atoms with E-state index in [1.165, 1.54) is 0 Å². The molecule has 0 fully saturated rings. The van der Waals surface area contributed by atoms with Gasteiger partial charge in [0.1, 0.15) is 0 Å². The quantitative estimate of drug-likeness (QED) is 0.876. The minimum absolute atomic E-state index is 0.611. The van der Waals surface area contributed by atoms with Crippen molar-refractivity contribution in [2.24, 2.45) is 0 Å². The zero-order chi connectivity index (χ0) is 11.4. The Kier molecular flexibility index (Phi) is 3.79. The van der Waals surface area contributed by atoms with E-state index < -0.39 is 0 Å². The van der Waals surface area contributed by atoms with E-state index in [2.05, 4.69) is 37.3 Å². The molecular formula is C11H10BrN3S. The molecule has 0 spiro atoms. The Balaban J connectivity index is 2.28. The maximum Gasteiger partial charge on any atom is 0.227 e. The number of thioether (sulfide) groups is 1.